The minimum Gasteiger partial charge on any atom is -0.493 e. The number of fused-ring (bicyclic) bond motifs is 1. The Morgan fingerprint density at radius 3 is 2.52 bits per heavy atom. The first-order valence-electron chi connectivity index (χ1n) is 10.6. The molecule has 0 saturated heterocycles. The number of carbonyl (C=O) groups is 2. The maximum absolute atomic E-state index is 12.4. The number of ether oxygens (including phenoxy) is 1. The van der Waals surface area contributed by atoms with E-state index < -0.39 is 9.84 Å². The van der Waals surface area contributed by atoms with Crippen LogP contribution in [-0.4, -0.2) is 58.1 Å². The van der Waals surface area contributed by atoms with Gasteiger partial charge in [0.15, 0.2) is 9.84 Å². The van der Waals surface area contributed by atoms with Crippen LogP contribution >= 0.6 is 0 Å². The lowest BCUT2D eigenvalue weighted by atomic mass is 10.0. The van der Waals surface area contributed by atoms with Gasteiger partial charge in [-0.25, -0.2) is 8.42 Å². The maximum Gasteiger partial charge on any atom is 0.241 e. The summed E-state index contributed by atoms with van der Waals surface area (Å²) in [6.07, 6.45) is 1.92. The highest BCUT2D eigenvalue weighted by Crippen LogP contribution is 2.19. The first-order chi connectivity index (χ1) is 15.7. The van der Waals surface area contributed by atoms with Crippen molar-refractivity contribution in [1.82, 2.24) is 10.2 Å². The first kappa shape index (κ1) is 24.3. The number of carbonyl (C=O) groups excluding carboxylic acids is 2. The quantitative estimate of drug-likeness (QED) is 0.462. The predicted octanol–water partition coefficient (Wildman–Crippen LogP) is 2.83. The molecule has 0 unspecified atom stereocenters. The predicted molar refractivity (Wildman–Crippen MR) is 128 cm³/mol. The van der Waals surface area contributed by atoms with Gasteiger partial charge in [0, 0.05) is 19.8 Å². The van der Waals surface area contributed by atoms with Gasteiger partial charge in [-0.05, 0) is 41.0 Å². The van der Waals surface area contributed by atoms with Gasteiger partial charge in [0.05, 0.1) is 24.5 Å². The van der Waals surface area contributed by atoms with E-state index in [0.717, 1.165) is 22.6 Å². The molecule has 0 bridgehead atoms. The lowest BCUT2D eigenvalue weighted by molar-refractivity contribution is -0.131. The summed E-state index contributed by atoms with van der Waals surface area (Å²) in [6, 6.07) is 20.0. The summed E-state index contributed by atoms with van der Waals surface area (Å²) in [5, 5.41) is 4.80. The van der Waals surface area contributed by atoms with Crippen molar-refractivity contribution in [2.24, 2.45) is 0 Å². The van der Waals surface area contributed by atoms with Gasteiger partial charge in [0.25, 0.3) is 0 Å². The Hall–Kier alpha value is -3.39. The molecule has 0 spiro atoms. The van der Waals surface area contributed by atoms with E-state index in [1.54, 1.807) is 19.2 Å². The van der Waals surface area contributed by atoms with E-state index in [-0.39, 0.29) is 29.7 Å². The highest BCUT2D eigenvalue weighted by Gasteiger charge is 2.12. The van der Waals surface area contributed by atoms with E-state index in [1.807, 2.05) is 42.5 Å². The molecular weight excluding hydrogens is 440 g/mol. The van der Waals surface area contributed by atoms with Gasteiger partial charge in [-0.15, -0.1) is 0 Å². The molecule has 8 heteroatoms. The minimum atomic E-state index is -3.29. The van der Waals surface area contributed by atoms with E-state index >= 15 is 0 Å². The molecular formula is C25H28N2O5S. The molecule has 3 rings (SSSR count). The second kappa shape index (κ2) is 11.0. The Balaban J connectivity index is 1.40. The van der Waals surface area contributed by atoms with Gasteiger partial charge in [-0.1, -0.05) is 48.5 Å². The summed E-state index contributed by atoms with van der Waals surface area (Å²) in [5.41, 5.74) is 0.920. The number of hydrogen-bond acceptors (Lipinski definition) is 5. The Labute approximate surface area is 194 Å². The average molecular weight is 469 g/mol. The van der Waals surface area contributed by atoms with Gasteiger partial charge in [0.2, 0.25) is 11.8 Å². The van der Waals surface area contributed by atoms with Gasteiger partial charge in [-0.2, -0.15) is 0 Å². The minimum absolute atomic E-state index is 0.0721. The van der Waals surface area contributed by atoms with E-state index in [2.05, 4.69) is 5.32 Å². The second-order valence-electron chi connectivity index (χ2n) is 7.86. The van der Waals surface area contributed by atoms with E-state index in [4.69, 9.17) is 4.74 Å². The fourth-order valence-corrected chi connectivity index (χ4v) is 4.06. The third-order valence-corrected chi connectivity index (χ3v) is 6.34. The molecule has 174 valence electrons. The Morgan fingerprint density at radius 1 is 1.00 bits per heavy atom. The Kier molecular flexibility index (Phi) is 8.06. The number of sulfone groups is 1. The van der Waals surface area contributed by atoms with Crippen molar-refractivity contribution in [3.05, 3.63) is 72.3 Å². The summed E-state index contributed by atoms with van der Waals surface area (Å²) in [7, 11) is -1.62. The largest absolute Gasteiger partial charge is 0.493 e. The summed E-state index contributed by atoms with van der Waals surface area (Å²) in [5.74, 6) is 0.0649. The number of rotatable bonds is 10. The van der Waals surface area contributed by atoms with Crippen LogP contribution in [0.3, 0.4) is 0 Å². The third kappa shape index (κ3) is 7.05. The molecule has 0 aliphatic carbocycles. The van der Waals surface area contributed by atoms with Crippen LogP contribution in [0.1, 0.15) is 12.0 Å². The molecule has 33 heavy (non-hydrogen) atoms. The molecule has 0 heterocycles. The molecule has 0 radical (unpaired) electrons. The molecule has 0 aliphatic rings. The van der Waals surface area contributed by atoms with Crippen LogP contribution in [0.4, 0.5) is 0 Å². The maximum atomic E-state index is 12.4. The molecule has 0 atom stereocenters. The highest BCUT2D eigenvalue weighted by atomic mass is 32.2. The normalized spacial score (nSPS) is 11.2. The van der Waals surface area contributed by atoms with E-state index in [9.17, 15) is 18.0 Å². The van der Waals surface area contributed by atoms with Crippen LogP contribution in [0.2, 0.25) is 0 Å². The van der Waals surface area contributed by atoms with Crippen molar-refractivity contribution in [2.75, 3.05) is 33.0 Å². The molecule has 3 aromatic carbocycles. The summed E-state index contributed by atoms with van der Waals surface area (Å²) >= 11 is 0. The summed E-state index contributed by atoms with van der Waals surface area (Å²) < 4.78 is 28.8. The smallest absolute Gasteiger partial charge is 0.241 e. The Morgan fingerprint density at radius 2 is 1.73 bits per heavy atom. The third-order valence-electron chi connectivity index (χ3n) is 5.23. The van der Waals surface area contributed by atoms with Crippen molar-refractivity contribution in [3.8, 4) is 5.75 Å². The van der Waals surface area contributed by atoms with Crippen molar-refractivity contribution in [3.63, 3.8) is 0 Å². The number of amides is 2. The van der Waals surface area contributed by atoms with Crippen molar-refractivity contribution in [1.29, 1.82) is 0 Å². The number of nitrogens with one attached hydrogen (secondary N) is 1. The SMILES string of the molecule is CN(CCCOc1cccc(S(C)(=O)=O)c1)C(=O)CNC(=O)Cc1cccc2ccccc12. The zero-order valence-electron chi connectivity index (χ0n) is 18.8. The van der Waals surface area contributed by atoms with Gasteiger partial charge >= 0.3 is 0 Å². The molecule has 3 aromatic rings. The van der Waals surface area contributed by atoms with Crippen molar-refractivity contribution in [2.45, 2.75) is 17.7 Å². The van der Waals surface area contributed by atoms with Crippen LogP contribution in [-0.2, 0) is 25.8 Å². The van der Waals surface area contributed by atoms with E-state index in [1.165, 1.54) is 17.0 Å². The molecule has 1 N–H and O–H groups in total. The fraction of sp³-hybridized carbons (Fsp3) is 0.280. The zero-order valence-corrected chi connectivity index (χ0v) is 19.6. The van der Waals surface area contributed by atoms with Crippen molar-refractivity contribution >= 4 is 32.4 Å². The lowest BCUT2D eigenvalue weighted by Gasteiger charge is -2.18. The second-order valence-corrected chi connectivity index (χ2v) is 9.87. The Bertz CT molecular complexity index is 1240. The molecule has 7 nitrogen and oxygen atoms in total. The van der Waals surface area contributed by atoms with Crippen LogP contribution < -0.4 is 10.1 Å². The van der Waals surface area contributed by atoms with Crippen LogP contribution in [0, 0.1) is 0 Å². The standard InChI is InChI=1S/C25H28N2O5S/c1-27(14-7-15-32-21-11-6-12-22(17-21)33(2,30)31)25(29)18-26-24(28)16-20-10-5-9-19-8-3-4-13-23(19)20/h3-6,8-13,17H,7,14-16,18H2,1-2H3,(H,26,28). The summed E-state index contributed by atoms with van der Waals surface area (Å²) in [6.45, 7) is 0.708. The lowest BCUT2D eigenvalue weighted by Crippen LogP contribution is -2.39. The van der Waals surface area contributed by atoms with Gasteiger partial charge in [0.1, 0.15) is 5.75 Å². The van der Waals surface area contributed by atoms with Crippen LogP contribution in [0.5, 0.6) is 5.75 Å². The first-order valence-corrected chi connectivity index (χ1v) is 12.5. The molecule has 0 fully saturated rings. The number of hydrogen-bond donors (Lipinski definition) is 1. The van der Waals surface area contributed by atoms with E-state index in [0.29, 0.717) is 25.3 Å². The summed E-state index contributed by atoms with van der Waals surface area (Å²) in [4.78, 5) is 26.4. The molecule has 0 saturated carbocycles. The van der Waals surface area contributed by atoms with Crippen LogP contribution in [0.15, 0.2) is 71.6 Å². The average Bonchev–Trinajstić information content (AvgIpc) is 2.80. The number of nitrogens with zero attached hydrogens (tertiary/aromatic N) is 1. The molecule has 2 amide bonds. The fourth-order valence-electron chi connectivity index (χ4n) is 3.40. The zero-order chi connectivity index (χ0) is 23.8. The monoisotopic (exact) mass is 468 g/mol. The van der Waals surface area contributed by atoms with Gasteiger partial charge in [-0.3, -0.25) is 9.59 Å². The topological polar surface area (TPSA) is 92.8 Å². The van der Waals surface area contributed by atoms with Crippen LogP contribution in [0.25, 0.3) is 10.8 Å². The van der Waals surface area contributed by atoms with Gasteiger partial charge < -0.3 is 15.0 Å². The van der Waals surface area contributed by atoms with Crippen molar-refractivity contribution < 1.29 is 22.7 Å². The number of benzene rings is 3. The number of likely N-dealkylation sites (N-methyl/N-ethyl adjacent to an activating group) is 1. The molecule has 0 aliphatic heterocycles. The molecule has 0 aromatic heterocycles. The highest BCUT2D eigenvalue weighted by molar-refractivity contribution is 7.90.